The zero-order chi connectivity index (χ0) is 15.1. The highest BCUT2D eigenvalue weighted by molar-refractivity contribution is 5.74. The van der Waals surface area contributed by atoms with Gasteiger partial charge in [-0.1, -0.05) is 18.2 Å². The molecule has 1 aromatic carbocycles. The van der Waals surface area contributed by atoms with Crippen molar-refractivity contribution in [1.82, 2.24) is 4.90 Å². The highest BCUT2D eigenvalue weighted by atomic mass is 16.5. The van der Waals surface area contributed by atoms with E-state index in [2.05, 4.69) is 4.90 Å². The van der Waals surface area contributed by atoms with E-state index in [-0.39, 0.29) is 12.5 Å². The molecule has 5 nitrogen and oxygen atoms in total. The highest BCUT2D eigenvalue weighted by Gasteiger charge is 2.23. The number of carbonyl (C=O) groups excluding carboxylic acids is 1. The first kappa shape index (κ1) is 15.8. The van der Waals surface area contributed by atoms with E-state index in [1.807, 2.05) is 30.3 Å². The van der Waals surface area contributed by atoms with Crippen molar-refractivity contribution in [2.24, 2.45) is 11.7 Å². The Balaban J connectivity index is 1.71. The van der Waals surface area contributed by atoms with E-state index < -0.39 is 6.10 Å². The van der Waals surface area contributed by atoms with Crippen LogP contribution in [-0.4, -0.2) is 48.3 Å². The van der Waals surface area contributed by atoms with Gasteiger partial charge in [0.15, 0.2) is 0 Å². The minimum absolute atomic E-state index is 0.241. The molecule has 2 unspecified atom stereocenters. The maximum absolute atomic E-state index is 11.0. The normalized spacial score (nSPS) is 20.9. The van der Waals surface area contributed by atoms with E-state index in [4.69, 9.17) is 10.5 Å². The van der Waals surface area contributed by atoms with Gasteiger partial charge in [0.05, 0.1) is 0 Å². The average Bonchev–Trinajstić information content (AvgIpc) is 2.46. The summed E-state index contributed by atoms with van der Waals surface area (Å²) < 4.78 is 5.55. The van der Waals surface area contributed by atoms with E-state index in [0.717, 1.165) is 31.7 Å². The minimum atomic E-state index is -0.530. The molecule has 116 valence electrons. The first-order valence-electron chi connectivity index (χ1n) is 7.50. The Morgan fingerprint density at radius 3 is 2.90 bits per heavy atom. The molecule has 1 heterocycles. The molecule has 3 N–H and O–H groups in total. The van der Waals surface area contributed by atoms with Crippen LogP contribution in [0.2, 0.25) is 0 Å². The van der Waals surface area contributed by atoms with Gasteiger partial charge in [0.2, 0.25) is 5.91 Å². The summed E-state index contributed by atoms with van der Waals surface area (Å²) in [6.07, 6.45) is 1.99. The Hall–Kier alpha value is -1.59. The lowest BCUT2D eigenvalue weighted by Crippen LogP contribution is -2.42. The van der Waals surface area contributed by atoms with Crippen molar-refractivity contribution < 1.29 is 14.6 Å². The highest BCUT2D eigenvalue weighted by Crippen LogP contribution is 2.19. The van der Waals surface area contributed by atoms with Crippen molar-refractivity contribution in [3.8, 4) is 5.75 Å². The van der Waals surface area contributed by atoms with Gasteiger partial charge in [0.1, 0.15) is 18.5 Å². The summed E-state index contributed by atoms with van der Waals surface area (Å²) in [5, 5.41) is 10.1. The Morgan fingerprint density at radius 1 is 1.43 bits per heavy atom. The molecule has 1 aliphatic heterocycles. The Bertz CT molecular complexity index is 438. The van der Waals surface area contributed by atoms with Gasteiger partial charge in [-0.2, -0.15) is 0 Å². The van der Waals surface area contributed by atoms with Crippen LogP contribution in [0.25, 0.3) is 0 Å². The lowest BCUT2D eigenvalue weighted by Gasteiger charge is -2.33. The number of aliphatic hydroxyl groups excluding tert-OH is 1. The van der Waals surface area contributed by atoms with E-state index >= 15 is 0 Å². The number of nitrogens with two attached hydrogens (primary N) is 1. The van der Waals surface area contributed by atoms with E-state index in [1.165, 1.54) is 0 Å². The van der Waals surface area contributed by atoms with Crippen LogP contribution in [0.4, 0.5) is 0 Å². The van der Waals surface area contributed by atoms with Crippen molar-refractivity contribution in [2.45, 2.75) is 25.4 Å². The monoisotopic (exact) mass is 292 g/mol. The van der Waals surface area contributed by atoms with Gasteiger partial charge in [-0.25, -0.2) is 0 Å². The molecule has 1 fully saturated rings. The molecule has 0 saturated carbocycles. The molecule has 1 saturated heterocycles. The number of carbonyl (C=O) groups is 1. The lowest BCUT2D eigenvalue weighted by molar-refractivity contribution is -0.119. The largest absolute Gasteiger partial charge is 0.491 e. The summed E-state index contributed by atoms with van der Waals surface area (Å²) in [5.74, 6) is 0.843. The number of amides is 1. The summed E-state index contributed by atoms with van der Waals surface area (Å²) in [6, 6.07) is 9.48. The number of piperidine rings is 1. The van der Waals surface area contributed by atoms with Gasteiger partial charge in [0, 0.05) is 19.5 Å². The molecule has 0 radical (unpaired) electrons. The molecular formula is C16H24N2O3. The first-order valence-corrected chi connectivity index (χ1v) is 7.50. The number of ether oxygens (including phenoxy) is 1. The topological polar surface area (TPSA) is 75.8 Å². The molecule has 5 heteroatoms. The molecule has 21 heavy (non-hydrogen) atoms. The van der Waals surface area contributed by atoms with Gasteiger partial charge >= 0.3 is 0 Å². The van der Waals surface area contributed by atoms with Crippen molar-refractivity contribution in [2.75, 3.05) is 26.2 Å². The molecule has 1 amide bonds. The molecule has 0 aliphatic carbocycles. The quantitative estimate of drug-likeness (QED) is 0.786. The number of aliphatic hydroxyl groups is 1. The predicted octanol–water partition coefficient (Wildman–Crippen LogP) is 1.01. The fraction of sp³-hybridized carbons (Fsp3) is 0.562. The Kier molecular flexibility index (Phi) is 6.02. The Labute approximate surface area is 125 Å². The molecule has 1 aromatic rings. The van der Waals surface area contributed by atoms with Crippen LogP contribution >= 0.6 is 0 Å². The van der Waals surface area contributed by atoms with Gasteiger partial charge in [0.25, 0.3) is 0 Å². The molecule has 0 bridgehead atoms. The Morgan fingerprint density at radius 2 is 2.19 bits per heavy atom. The number of para-hydroxylation sites is 1. The van der Waals surface area contributed by atoms with E-state index in [1.54, 1.807) is 0 Å². The van der Waals surface area contributed by atoms with Gasteiger partial charge in [-0.3, -0.25) is 4.79 Å². The van der Waals surface area contributed by atoms with Crippen LogP contribution in [-0.2, 0) is 4.79 Å². The van der Waals surface area contributed by atoms with Crippen LogP contribution in [0.15, 0.2) is 30.3 Å². The van der Waals surface area contributed by atoms with Crippen LogP contribution in [0.3, 0.4) is 0 Å². The van der Waals surface area contributed by atoms with Crippen molar-refractivity contribution in [3.05, 3.63) is 30.3 Å². The molecular weight excluding hydrogens is 268 g/mol. The summed E-state index contributed by atoms with van der Waals surface area (Å²) in [4.78, 5) is 13.2. The summed E-state index contributed by atoms with van der Waals surface area (Å²) >= 11 is 0. The summed E-state index contributed by atoms with van der Waals surface area (Å²) in [6.45, 7) is 2.63. The minimum Gasteiger partial charge on any atom is -0.491 e. The smallest absolute Gasteiger partial charge is 0.217 e. The van der Waals surface area contributed by atoms with Crippen LogP contribution in [0, 0.1) is 5.92 Å². The second kappa shape index (κ2) is 8.00. The van der Waals surface area contributed by atoms with Gasteiger partial charge in [-0.15, -0.1) is 0 Å². The number of hydrogen-bond acceptors (Lipinski definition) is 4. The standard InChI is InChI=1S/C16H24N2O3/c17-16(20)9-13-5-4-8-18(10-13)11-14(19)12-21-15-6-2-1-3-7-15/h1-3,6-7,13-14,19H,4-5,8-12H2,(H2,17,20). The number of β-amino-alcohol motifs (C(OH)–C–C–N with tert-alkyl or cyclic N) is 1. The average molecular weight is 292 g/mol. The van der Waals surface area contributed by atoms with Crippen molar-refractivity contribution in [3.63, 3.8) is 0 Å². The number of primary amides is 1. The van der Waals surface area contributed by atoms with E-state index in [0.29, 0.717) is 18.9 Å². The number of rotatable bonds is 7. The third-order valence-electron chi connectivity index (χ3n) is 3.75. The third-order valence-corrected chi connectivity index (χ3v) is 3.75. The number of nitrogens with zero attached hydrogens (tertiary/aromatic N) is 1. The lowest BCUT2D eigenvalue weighted by atomic mass is 9.94. The van der Waals surface area contributed by atoms with Crippen molar-refractivity contribution in [1.29, 1.82) is 0 Å². The third kappa shape index (κ3) is 5.73. The molecule has 1 aliphatic rings. The van der Waals surface area contributed by atoms with Gasteiger partial charge < -0.3 is 20.5 Å². The number of benzene rings is 1. The summed E-state index contributed by atoms with van der Waals surface area (Å²) in [7, 11) is 0. The maximum Gasteiger partial charge on any atom is 0.217 e. The van der Waals surface area contributed by atoms with Gasteiger partial charge in [-0.05, 0) is 37.4 Å². The second-order valence-electron chi connectivity index (χ2n) is 5.72. The zero-order valence-electron chi connectivity index (χ0n) is 12.3. The first-order chi connectivity index (χ1) is 10.1. The predicted molar refractivity (Wildman–Crippen MR) is 80.9 cm³/mol. The summed E-state index contributed by atoms with van der Waals surface area (Å²) in [5.41, 5.74) is 5.26. The van der Waals surface area contributed by atoms with Crippen LogP contribution in [0.1, 0.15) is 19.3 Å². The van der Waals surface area contributed by atoms with Crippen LogP contribution < -0.4 is 10.5 Å². The molecule has 0 spiro atoms. The number of hydrogen-bond donors (Lipinski definition) is 2. The molecule has 2 rings (SSSR count). The maximum atomic E-state index is 11.0. The fourth-order valence-corrected chi connectivity index (χ4v) is 2.83. The second-order valence-corrected chi connectivity index (χ2v) is 5.72. The number of likely N-dealkylation sites (tertiary alicyclic amines) is 1. The molecule has 0 aromatic heterocycles. The van der Waals surface area contributed by atoms with Crippen LogP contribution in [0.5, 0.6) is 5.75 Å². The molecule has 2 atom stereocenters. The fourth-order valence-electron chi connectivity index (χ4n) is 2.83. The van der Waals surface area contributed by atoms with Crippen molar-refractivity contribution >= 4 is 5.91 Å². The van der Waals surface area contributed by atoms with E-state index in [9.17, 15) is 9.90 Å². The SMILES string of the molecule is NC(=O)CC1CCCN(CC(O)COc2ccccc2)C1. The zero-order valence-corrected chi connectivity index (χ0v) is 12.3.